The number of anilines is 1. The molecule has 2 aromatic carbocycles. The summed E-state index contributed by atoms with van der Waals surface area (Å²) in [5.41, 5.74) is 1.82. The smallest absolute Gasteiger partial charge is 0.411 e. The van der Waals surface area contributed by atoms with Crippen LogP contribution in [0.4, 0.5) is 14.9 Å². The Balaban J connectivity index is 1.60. The predicted molar refractivity (Wildman–Crippen MR) is 124 cm³/mol. The lowest BCUT2D eigenvalue weighted by molar-refractivity contribution is 0.165. The van der Waals surface area contributed by atoms with Crippen LogP contribution in [0, 0.1) is 5.82 Å². The maximum absolute atomic E-state index is 13.2. The molecule has 0 saturated heterocycles. The summed E-state index contributed by atoms with van der Waals surface area (Å²) < 4.78 is 19.6. The van der Waals surface area contributed by atoms with Crippen molar-refractivity contribution in [2.24, 2.45) is 4.99 Å². The summed E-state index contributed by atoms with van der Waals surface area (Å²) >= 11 is 11.7. The molecule has 0 fully saturated rings. The molecule has 0 radical (unpaired) electrons. The van der Waals surface area contributed by atoms with E-state index in [-0.39, 0.29) is 24.5 Å². The zero-order chi connectivity index (χ0) is 23.1. The van der Waals surface area contributed by atoms with E-state index in [4.69, 9.17) is 27.9 Å². The number of aryl methyl sites for hydroxylation is 1. The van der Waals surface area contributed by atoms with E-state index in [1.165, 1.54) is 41.2 Å². The zero-order valence-corrected chi connectivity index (χ0v) is 18.7. The normalized spacial score (nSPS) is 11.1. The van der Waals surface area contributed by atoms with Crippen molar-refractivity contribution in [2.75, 3.05) is 18.5 Å². The second-order valence-electron chi connectivity index (χ2n) is 6.80. The quantitative estimate of drug-likeness (QED) is 0.343. The Morgan fingerprint density at radius 3 is 2.66 bits per heavy atom. The van der Waals surface area contributed by atoms with E-state index in [2.05, 4.69) is 15.4 Å². The van der Waals surface area contributed by atoms with Gasteiger partial charge < -0.3 is 4.74 Å². The van der Waals surface area contributed by atoms with Gasteiger partial charge in [0.2, 0.25) is 0 Å². The Kier molecular flexibility index (Phi) is 8.08. The number of hydrogen-bond acceptors (Lipinski definition) is 4. The van der Waals surface area contributed by atoms with Gasteiger partial charge in [-0.2, -0.15) is 0 Å². The van der Waals surface area contributed by atoms with Crippen molar-refractivity contribution in [3.8, 4) is 5.69 Å². The van der Waals surface area contributed by atoms with Crippen LogP contribution in [0.2, 0.25) is 10.0 Å². The number of nitrogens with one attached hydrogen (secondary N) is 2. The molecular weight excluding hydrogens is 458 g/mol. The number of hydrogen-bond donors (Lipinski definition) is 2. The predicted octanol–water partition coefficient (Wildman–Crippen LogP) is 5.23. The number of ether oxygens (including phenoxy) is 1. The summed E-state index contributed by atoms with van der Waals surface area (Å²) in [4.78, 5) is 28.9. The van der Waals surface area contributed by atoms with E-state index < -0.39 is 6.09 Å². The second kappa shape index (κ2) is 11.0. The number of carbonyl (C=O) groups is 1. The van der Waals surface area contributed by atoms with Crippen LogP contribution in [-0.2, 0) is 11.2 Å². The summed E-state index contributed by atoms with van der Waals surface area (Å²) in [6.07, 6.45) is 2.27. The molecule has 7 nitrogen and oxygen atoms in total. The van der Waals surface area contributed by atoms with Gasteiger partial charge in [-0.15, -0.1) is 0 Å². The lowest BCUT2D eigenvalue weighted by atomic mass is 10.2. The molecule has 1 amide bonds. The highest BCUT2D eigenvalue weighted by Gasteiger charge is 2.13. The lowest BCUT2D eigenvalue weighted by Gasteiger charge is -2.06. The van der Waals surface area contributed by atoms with E-state index in [0.29, 0.717) is 33.4 Å². The molecule has 0 aliphatic heterocycles. The lowest BCUT2D eigenvalue weighted by Crippen LogP contribution is -2.17. The van der Waals surface area contributed by atoms with Crippen molar-refractivity contribution in [2.45, 2.75) is 19.8 Å². The van der Waals surface area contributed by atoms with E-state index in [9.17, 15) is 14.0 Å². The van der Waals surface area contributed by atoms with Crippen LogP contribution >= 0.6 is 23.2 Å². The molecule has 0 saturated carbocycles. The summed E-state index contributed by atoms with van der Waals surface area (Å²) in [6.45, 7) is 2.18. The second-order valence-corrected chi connectivity index (χ2v) is 7.61. The molecule has 0 aliphatic rings. The minimum absolute atomic E-state index is 0.0172. The van der Waals surface area contributed by atoms with E-state index in [1.807, 2.05) is 6.92 Å². The summed E-state index contributed by atoms with van der Waals surface area (Å²) in [5.74, 6) is -0.382. The van der Waals surface area contributed by atoms with Crippen LogP contribution < -0.4 is 10.9 Å². The fourth-order valence-corrected chi connectivity index (χ4v) is 3.21. The fraction of sp³-hybridized carbons (Fsp3) is 0.227. The third-order valence-corrected chi connectivity index (χ3v) is 5.17. The van der Waals surface area contributed by atoms with E-state index >= 15 is 0 Å². The molecule has 0 spiro atoms. The van der Waals surface area contributed by atoms with Crippen LogP contribution in [0.15, 0.2) is 52.3 Å². The average molecular weight is 479 g/mol. The standard InChI is InChI=1S/C22H21Cl2FN4O3/c1-2-3-20-17(21(30)29(28-20)16-7-4-14(25)5-8-16)13-26-10-11-32-22(31)27-15-6-9-18(23)19(24)12-15/h4-9,12-13,28H,2-3,10-11H2,1H3,(H,27,31). The first-order valence-electron chi connectivity index (χ1n) is 9.87. The minimum Gasteiger partial charge on any atom is -0.447 e. The highest BCUT2D eigenvalue weighted by molar-refractivity contribution is 6.42. The number of nitrogens with zero attached hydrogens (tertiary/aromatic N) is 2. The third-order valence-electron chi connectivity index (χ3n) is 4.43. The molecule has 32 heavy (non-hydrogen) atoms. The van der Waals surface area contributed by atoms with Gasteiger partial charge in [-0.05, 0) is 48.9 Å². The highest BCUT2D eigenvalue weighted by Crippen LogP contribution is 2.25. The van der Waals surface area contributed by atoms with Crippen molar-refractivity contribution >= 4 is 41.2 Å². The van der Waals surface area contributed by atoms with Gasteiger partial charge in [-0.25, -0.2) is 13.9 Å². The zero-order valence-electron chi connectivity index (χ0n) is 17.2. The Hall–Kier alpha value is -3.10. The Morgan fingerprint density at radius 2 is 1.97 bits per heavy atom. The van der Waals surface area contributed by atoms with E-state index in [0.717, 1.165) is 12.1 Å². The Labute approximate surface area is 193 Å². The molecule has 0 aliphatic carbocycles. The Bertz CT molecular complexity index is 1170. The van der Waals surface area contributed by atoms with Gasteiger partial charge in [0.25, 0.3) is 5.56 Å². The van der Waals surface area contributed by atoms with Gasteiger partial charge in [-0.3, -0.25) is 20.2 Å². The van der Waals surface area contributed by atoms with Gasteiger partial charge in [0.15, 0.2) is 0 Å². The topological polar surface area (TPSA) is 88.5 Å². The van der Waals surface area contributed by atoms with Crippen molar-refractivity contribution in [1.82, 2.24) is 9.78 Å². The number of H-pyrrole nitrogens is 1. The fourth-order valence-electron chi connectivity index (χ4n) is 2.92. The molecule has 1 heterocycles. The van der Waals surface area contributed by atoms with Crippen molar-refractivity contribution in [1.29, 1.82) is 0 Å². The number of amides is 1. The molecule has 0 atom stereocenters. The van der Waals surface area contributed by atoms with Crippen LogP contribution in [0.1, 0.15) is 24.6 Å². The molecular formula is C22H21Cl2FN4O3. The van der Waals surface area contributed by atoms with Crippen molar-refractivity contribution in [3.05, 3.63) is 79.9 Å². The summed E-state index contributed by atoms with van der Waals surface area (Å²) in [5, 5.41) is 6.29. The number of halogens is 3. The van der Waals surface area contributed by atoms with E-state index in [1.54, 1.807) is 12.1 Å². The van der Waals surface area contributed by atoms with Crippen LogP contribution in [0.3, 0.4) is 0 Å². The molecule has 0 bridgehead atoms. The van der Waals surface area contributed by atoms with Crippen molar-refractivity contribution in [3.63, 3.8) is 0 Å². The monoisotopic (exact) mass is 478 g/mol. The first kappa shape index (κ1) is 23.6. The SMILES string of the molecule is CCCc1[nH]n(-c2ccc(F)cc2)c(=O)c1C=NCCOC(=O)Nc1ccc(Cl)c(Cl)c1. The maximum Gasteiger partial charge on any atom is 0.411 e. The highest BCUT2D eigenvalue weighted by atomic mass is 35.5. The minimum atomic E-state index is -0.662. The maximum atomic E-state index is 13.2. The number of aromatic nitrogens is 2. The summed E-state index contributed by atoms with van der Waals surface area (Å²) in [7, 11) is 0. The molecule has 3 aromatic rings. The first-order valence-corrected chi connectivity index (χ1v) is 10.6. The molecule has 1 aromatic heterocycles. The molecule has 0 unspecified atom stereocenters. The molecule has 10 heteroatoms. The Morgan fingerprint density at radius 1 is 1.22 bits per heavy atom. The number of benzene rings is 2. The van der Waals surface area contributed by atoms with Crippen molar-refractivity contribution < 1.29 is 13.9 Å². The number of carbonyl (C=O) groups excluding carboxylic acids is 1. The summed E-state index contributed by atoms with van der Waals surface area (Å²) in [6, 6.07) is 10.3. The van der Waals surface area contributed by atoms with Gasteiger partial charge in [0.1, 0.15) is 12.4 Å². The molecule has 3 rings (SSSR count). The average Bonchev–Trinajstić information content (AvgIpc) is 3.07. The van der Waals surface area contributed by atoms with Gasteiger partial charge in [0, 0.05) is 17.6 Å². The largest absolute Gasteiger partial charge is 0.447 e. The van der Waals surface area contributed by atoms with Gasteiger partial charge in [-0.1, -0.05) is 36.5 Å². The number of aromatic amines is 1. The van der Waals surface area contributed by atoms with Gasteiger partial charge >= 0.3 is 6.09 Å². The molecule has 168 valence electrons. The first-order chi connectivity index (χ1) is 15.4. The number of rotatable bonds is 8. The van der Waals surface area contributed by atoms with Crippen LogP contribution in [0.5, 0.6) is 0 Å². The molecule has 2 N–H and O–H groups in total. The van der Waals surface area contributed by atoms with Gasteiger partial charge in [0.05, 0.1) is 27.8 Å². The van der Waals surface area contributed by atoms with Crippen LogP contribution in [-0.4, -0.2) is 35.2 Å². The number of aliphatic imine (C=N–C) groups is 1. The van der Waals surface area contributed by atoms with Crippen LogP contribution in [0.25, 0.3) is 5.69 Å². The third kappa shape index (κ3) is 5.99.